The van der Waals surface area contributed by atoms with Crippen LogP contribution in [0.1, 0.15) is 16.7 Å². The molecule has 0 saturated carbocycles. The normalized spacial score (nSPS) is 14.8. The molecule has 0 aromatic heterocycles. The van der Waals surface area contributed by atoms with Crippen molar-refractivity contribution in [1.82, 2.24) is 5.32 Å². The maximum Gasteiger partial charge on any atom is 0.335 e. The molecule has 1 saturated heterocycles. The van der Waals surface area contributed by atoms with Gasteiger partial charge in [-0.1, -0.05) is 54.6 Å². The number of anilines is 1. The number of carbonyl (C=O) groups is 3. The molecule has 1 fully saturated rings. The molecule has 0 aliphatic carbocycles. The first kappa shape index (κ1) is 22.4. The summed E-state index contributed by atoms with van der Waals surface area (Å²) >= 11 is 0. The number of nitro groups is 1. The number of carbonyl (C=O) groups excluding carboxylic acids is 3. The monoisotopic (exact) mass is 457 g/mol. The van der Waals surface area contributed by atoms with Gasteiger partial charge in [-0.3, -0.25) is 25.0 Å². The summed E-state index contributed by atoms with van der Waals surface area (Å²) in [7, 11) is 0. The summed E-state index contributed by atoms with van der Waals surface area (Å²) < 4.78 is 5.61. The highest BCUT2D eigenvalue weighted by atomic mass is 16.6. The van der Waals surface area contributed by atoms with Crippen molar-refractivity contribution in [3.8, 4) is 5.75 Å². The Morgan fingerprint density at radius 2 is 1.71 bits per heavy atom. The summed E-state index contributed by atoms with van der Waals surface area (Å²) in [5.41, 5.74) is 1.43. The lowest BCUT2D eigenvalue weighted by atomic mass is 10.0. The number of aryl methyl sites for hydroxylation is 1. The molecule has 4 amide bonds. The largest absolute Gasteiger partial charge is 0.482 e. The third-order valence-electron chi connectivity index (χ3n) is 5.19. The van der Waals surface area contributed by atoms with Gasteiger partial charge in [0.15, 0.2) is 5.75 Å². The van der Waals surface area contributed by atoms with Crippen molar-refractivity contribution < 1.29 is 24.0 Å². The first-order chi connectivity index (χ1) is 16.3. The number of nitrogens with zero attached hydrogens (tertiary/aromatic N) is 2. The molecule has 0 bridgehead atoms. The second kappa shape index (κ2) is 9.37. The first-order valence-electron chi connectivity index (χ1n) is 10.3. The maximum absolute atomic E-state index is 13.1. The zero-order valence-electron chi connectivity index (χ0n) is 18.1. The van der Waals surface area contributed by atoms with Gasteiger partial charge in [0.05, 0.1) is 10.6 Å². The topological polar surface area (TPSA) is 119 Å². The van der Waals surface area contributed by atoms with Gasteiger partial charge in [0.2, 0.25) is 0 Å². The van der Waals surface area contributed by atoms with Gasteiger partial charge in [-0.05, 0) is 41.8 Å². The molecule has 1 N–H and O–H groups in total. The summed E-state index contributed by atoms with van der Waals surface area (Å²) in [5, 5.41) is 13.8. The predicted octanol–water partition coefficient (Wildman–Crippen LogP) is 4.15. The lowest BCUT2D eigenvalue weighted by molar-refractivity contribution is -0.386. The molecule has 3 aromatic rings. The number of para-hydroxylation sites is 1. The van der Waals surface area contributed by atoms with Crippen molar-refractivity contribution in [2.24, 2.45) is 0 Å². The van der Waals surface area contributed by atoms with Crippen LogP contribution in [0.2, 0.25) is 0 Å². The van der Waals surface area contributed by atoms with E-state index in [4.69, 9.17) is 4.74 Å². The van der Waals surface area contributed by atoms with Gasteiger partial charge in [-0.25, -0.2) is 9.69 Å². The minimum atomic E-state index is -0.883. The molecule has 9 nitrogen and oxygen atoms in total. The van der Waals surface area contributed by atoms with Gasteiger partial charge in [0.25, 0.3) is 11.8 Å². The van der Waals surface area contributed by atoms with E-state index in [0.717, 1.165) is 10.5 Å². The second-order valence-electron chi connectivity index (χ2n) is 7.50. The molecule has 170 valence electrons. The van der Waals surface area contributed by atoms with Crippen LogP contribution >= 0.6 is 0 Å². The molecular weight excluding hydrogens is 438 g/mol. The number of rotatable bonds is 6. The van der Waals surface area contributed by atoms with E-state index in [2.05, 4.69) is 5.32 Å². The van der Waals surface area contributed by atoms with E-state index in [9.17, 15) is 24.5 Å². The van der Waals surface area contributed by atoms with Crippen LogP contribution in [0.3, 0.4) is 0 Å². The Morgan fingerprint density at radius 3 is 2.41 bits per heavy atom. The molecule has 34 heavy (non-hydrogen) atoms. The van der Waals surface area contributed by atoms with Crippen LogP contribution in [0.15, 0.2) is 78.4 Å². The van der Waals surface area contributed by atoms with Crippen LogP contribution in [0, 0.1) is 17.0 Å². The lowest BCUT2D eigenvalue weighted by Gasteiger charge is -2.27. The quantitative estimate of drug-likeness (QED) is 0.257. The van der Waals surface area contributed by atoms with E-state index in [-0.39, 0.29) is 29.2 Å². The molecule has 0 unspecified atom stereocenters. The highest BCUT2D eigenvalue weighted by Gasteiger charge is 2.37. The van der Waals surface area contributed by atoms with E-state index < -0.39 is 22.8 Å². The maximum atomic E-state index is 13.1. The van der Waals surface area contributed by atoms with Crippen molar-refractivity contribution in [2.75, 3.05) is 4.90 Å². The van der Waals surface area contributed by atoms with Crippen molar-refractivity contribution in [2.45, 2.75) is 13.5 Å². The number of barbiturate groups is 1. The van der Waals surface area contributed by atoms with Gasteiger partial charge in [-0.2, -0.15) is 0 Å². The summed E-state index contributed by atoms with van der Waals surface area (Å²) in [5.74, 6) is -1.66. The molecule has 1 heterocycles. The standard InChI is InChI=1S/C25H19N3O6/c1-16-7-5-6-10-20(16)27-24(30)19(23(29)26-25(27)31)13-18-11-12-22(21(14-18)28(32)33)34-15-17-8-3-2-4-9-17/h2-14H,15H2,1H3,(H,26,29,31)/b19-13+. The van der Waals surface area contributed by atoms with E-state index in [1.807, 2.05) is 30.3 Å². The Morgan fingerprint density at radius 1 is 1.00 bits per heavy atom. The fourth-order valence-corrected chi connectivity index (χ4v) is 3.48. The van der Waals surface area contributed by atoms with Crippen LogP contribution in [0.25, 0.3) is 6.08 Å². The molecule has 1 aliphatic rings. The Labute approximate surface area is 194 Å². The minimum absolute atomic E-state index is 0.0483. The minimum Gasteiger partial charge on any atom is -0.482 e. The van der Waals surface area contributed by atoms with Crippen LogP contribution in [0.5, 0.6) is 5.75 Å². The first-order valence-corrected chi connectivity index (χ1v) is 10.3. The molecule has 0 atom stereocenters. The Hall–Kier alpha value is -4.79. The number of urea groups is 1. The van der Waals surface area contributed by atoms with Crippen molar-refractivity contribution >= 4 is 35.3 Å². The summed E-state index contributed by atoms with van der Waals surface area (Å²) in [6.07, 6.45) is 1.21. The molecule has 4 rings (SSSR count). The van der Waals surface area contributed by atoms with Gasteiger partial charge < -0.3 is 4.74 Å². The highest BCUT2D eigenvalue weighted by Crippen LogP contribution is 2.31. The molecule has 0 spiro atoms. The molecule has 9 heteroatoms. The van der Waals surface area contributed by atoms with E-state index >= 15 is 0 Å². The SMILES string of the molecule is Cc1ccccc1N1C(=O)NC(=O)/C(=C\c2ccc(OCc3ccccc3)c([N+](=O)[O-])c2)C1=O. The Balaban J connectivity index is 1.65. The highest BCUT2D eigenvalue weighted by molar-refractivity contribution is 6.39. The zero-order chi connectivity index (χ0) is 24.2. The van der Waals surface area contributed by atoms with E-state index in [0.29, 0.717) is 11.3 Å². The number of ether oxygens (including phenoxy) is 1. The van der Waals surface area contributed by atoms with Crippen LogP contribution in [0.4, 0.5) is 16.2 Å². The fraction of sp³-hybridized carbons (Fsp3) is 0.0800. The van der Waals surface area contributed by atoms with Crippen LogP contribution < -0.4 is 15.0 Å². The number of hydrogen-bond acceptors (Lipinski definition) is 6. The Kier molecular flexibility index (Phi) is 6.18. The smallest absolute Gasteiger partial charge is 0.335 e. The number of imide groups is 2. The van der Waals surface area contributed by atoms with E-state index in [1.54, 1.807) is 31.2 Å². The van der Waals surface area contributed by atoms with Crippen LogP contribution in [-0.4, -0.2) is 22.8 Å². The number of nitrogens with one attached hydrogen (secondary N) is 1. The van der Waals surface area contributed by atoms with E-state index in [1.165, 1.54) is 24.3 Å². The lowest BCUT2D eigenvalue weighted by Crippen LogP contribution is -2.54. The number of benzene rings is 3. The number of amides is 4. The van der Waals surface area contributed by atoms with Crippen molar-refractivity contribution in [1.29, 1.82) is 0 Å². The fourth-order valence-electron chi connectivity index (χ4n) is 3.48. The number of hydrogen-bond donors (Lipinski definition) is 1. The average molecular weight is 457 g/mol. The second-order valence-corrected chi connectivity index (χ2v) is 7.50. The van der Waals surface area contributed by atoms with Crippen molar-refractivity contribution in [3.05, 3.63) is 105 Å². The summed E-state index contributed by atoms with van der Waals surface area (Å²) in [6.45, 7) is 1.86. The molecule has 3 aromatic carbocycles. The van der Waals surface area contributed by atoms with Gasteiger partial charge >= 0.3 is 11.7 Å². The average Bonchev–Trinajstić information content (AvgIpc) is 2.82. The van der Waals surface area contributed by atoms with Crippen LogP contribution in [-0.2, 0) is 16.2 Å². The van der Waals surface area contributed by atoms with Gasteiger partial charge in [0.1, 0.15) is 12.2 Å². The molecule has 1 aliphatic heterocycles. The third-order valence-corrected chi connectivity index (χ3v) is 5.19. The van der Waals surface area contributed by atoms with Gasteiger partial charge in [0, 0.05) is 6.07 Å². The third kappa shape index (κ3) is 4.53. The van der Waals surface area contributed by atoms with Crippen molar-refractivity contribution in [3.63, 3.8) is 0 Å². The number of nitro benzene ring substituents is 1. The predicted molar refractivity (Wildman–Crippen MR) is 124 cm³/mol. The Bertz CT molecular complexity index is 1330. The molecular formula is C25H19N3O6. The summed E-state index contributed by atoms with van der Waals surface area (Å²) in [6, 6.07) is 19.2. The zero-order valence-corrected chi connectivity index (χ0v) is 18.1. The summed E-state index contributed by atoms with van der Waals surface area (Å²) in [4.78, 5) is 49.8. The molecule has 0 radical (unpaired) electrons. The van der Waals surface area contributed by atoms with Gasteiger partial charge in [-0.15, -0.1) is 0 Å².